The van der Waals surface area contributed by atoms with Gasteiger partial charge in [0.1, 0.15) is 11.5 Å². The van der Waals surface area contributed by atoms with E-state index in [1.165, 1.54) is 11.1 Å². The van der Waals surface area contributed by atoms with Crippen LogP contribution < -0.4 is 5.32 Å². The van der Waals surface area contributed by atoms with E-state index in [9.17, 15) is 4.79 Å². The summed E-state index contributed by atoms with van der Waals surface area (Å²) in [5.74, 6) is 2.47. The number of benzene rings is 1. The van der Waals surface area contributed by atoms with Gasteiger partial charge < -0.3 is 9.88 Å². The molecule has 3 aromatic rings. The number of carbonyl (C=O) groups excluding carboxylic acids is 1. The van der Waals surface area contributed by atoms with Crippen LogP contribution in [0.1, 0.15) is 67.0 Å². The molecule has 0 saturated carbocycles. The largest absolute Gasteiger partial charge is 0.340 e. The van der Waals surface area contributed by atoms with Gasteiger partial charge in [-0.2, -0.15) is 0 Å². The van der Waals surface area contributed by atoms with Gasteiger partial charge in [-0.3, -0.25) is 14.7 Å². The molecule has 1 atom stereocenters. The van der Waals surface area contributed by atoms with E-state index in [2.05, 4.69) is 81.9 Å². The Morgan fingerprint density at radius 3 is 2.41 bits per heavy atom. The number of hydrogen-bond donors (Lipinski definition) is 1. The number of nitrogens with zero attached hydrogens (tertiary/aromatic N) is 5. The predicted molar refractivity (Wildman–Crippen MR) is 133 cm³/mol. The van der Waals surface area contributed by atoms with Gasteiger partial charge in [0.15, 0.2) is 5.82 Å². The molecular weight excluding hydrogens is 424 g/mol. The fourth-order valence-electron chi connectivity index (χ4n) is 4.53. The van der Waals surface area contributed by atoms with Gasteiger partial charge in [-0.15, -0.1) is 10.2 Å². The number of rotatable bonds is 8. The Hall–Kier alpha value is -3.06. The Morgan fingerprint density at radius 2 is 1.74 bits per heavy atom. The molecule has 1 aromatic carbocycles. The highest BCUT2D eigenvalue weighted by molar-refractivity contribution is 5.92. The second kappa shape index (κ2) is 10.9. The predicted octanol–water partition coefficient (Wildman–Crippen LogP) is 4.06. The van der Waals surface area contributed by atoms with Gasteiger partial charge in [-0.1, -0.05) is 58.0 Å². The van der Waals surface area contributed by atoms with Crippen LogP contribution in [-0.2, 0) is 25.9 Å². The first-order chi connectivity index (χ1) is 16.4. The summed E-state index contributed by atoms with van der Waals surface area (Å²) in [4.78, 5) is 19.5. The van der Waals surface area contributed by atoms with Crippen LogP contribution in [0.15, 0.2) is 48.7 Å². The minimum atomic E-state index is -0.226. The summed E-state index contributed by atoms with van der Waals surface area (Å²) in [6.07, 6.45) is 3.60. The number of pyridine rings is 1. The molecule has 7 nitrogen and oxygen atoms in total. The SMILES string of the molecule is CC(C)Cc1ccc(CN2CCc3nnc([C@@H](NC(=O)c4ccccn4)C(C)C)n3CC2)cc1. The maximum absolute atomic E-state index is 12.8. The lowest BCUT2D eigenvalue weighted by Gasteiger charge is -2.23. The van der Waals surface area contributed by atoms with Gasteiger partial charge in [0, 0.05) is 38.8 Å². The third kappa shape index (κ3) is 5.89. The molecule has 0 aliphatic carbocycles. The fraction of sp³-hybridized carbons (Fsp3) is 0.481. The zero-order valence-corrected chi connectivity index (χ0v) is 20.7. The second-order valence-electron chi connectivity index (χ2n) is 9.98. The molecule has 180 valence electrons. The normalized spacial score (nSPS) is 15.2. The lowest BCUT2D eigenvalue weighted by molar-refractivity contribution is 0.0916. The zero-order chi connectivity index (χ0) is 24.1. The number of amides is 1. The van der Waals surface area contributed by atoms with Gasteiger partial charge in [0.2, 0.25) is 0 Å². The van der Waals surface area contributed by atoms with Crippen molar-refractivity contribution >= 4 is 5.91 Å². The topological polar surface area (TPSA) is 75.9 Å². The summed E-state index contributed by atoms with van der Waals surface area (Å²) in [7, 11) is 0. The zero-order valence-electron chi connectivity index (χ0n) is 20.7. The van der Waals surface area contributed by atoms with Crippen LogP contribution in [0.25, 0.3) is 0 Å². The summed E-state index contributed by atoms with van der Waals surface area (Å²) >= 11 is 0. The van der Waals surface area contributed by atoms with Crippen molar-refractivity contribution in [3.05, 3.63) is 77.1 Å². The number of aromatic nitrogens is 4. The van der Waals surface area contributed by atoms with Crippen molar-refractivity contribution in [3.63, 3.8) is 0 Å². The molecule has 0 spiro atoms. The number of fused-ring (bicyclic) bond motifs is 1. The summed E-state index contributed by atoms with van der Waals surface area (Å²) in [6.45, 7) is 12.3. The van der Waals surface area contributed by atoms with E-state index in [1.54, 1.807) is 18.3 Å². The lowest BCUT2D eigenvalue weighted by Crippen LogP contribution is -2.34. The van der Waals surface area contributed by atoms with Gasteiger partial charge >= 0.3 is 0 Å². The van der Waals surface area contributed by atoms with Gasteiger partial charge in [-0.25, -0.2) is 0 Å². The van der Waals surface area contributed by atoms with Crippen LogP contribution in [0, 0.1) is 11.8 Å². The minimum Gasteiger partial charge on any atom is -0.340 e. The van der Waals surface area contributed by atoms with Crippen LogP contribution in [0.2, 0.25) is 0 Å². The Kier molecular flexibility index (Phi) is 7.73. The van der Waals surface area contributed by atoms with Crippen molar-refractivity contribution in [1.29, 1.82) is 0 Å². The van der Waals surface area contributed by atoms with Crippen LogP contribution in [0.5, 0.6) is 0 Å². The molecule has 3 heterocycles. The summed E-state index contributed by atoms with van der Waals surface area (Å²) < 4.78 is 2.20. The molecule has 0 radical (unpaired) electrons. The van der Waals surface area contributed by atoms with Crippen molar-refractivity contribution in [2.24, 2.45) is 11.8 Å². The van der Waals surface area contributed by atoms with Gasteiger partial charge in [0.25, 0.3) is 5.91 Å². The molecule has 7 heteroatoms. The van der Waals surface area contributed by atoms with Crippen molar-refractivity contribution in [2.45, 2.75) is 59.7 Å². The number of carbonyl (C=O) groups is 1. The van der Waals surface area contributed by atoms with Crippen molar-refractivity contribution < 1.29 is 4.79 Å². The van der Waals surface area contributed by atoms with E-state index in [1.807, 2.05) is 6.07 Å². The summed E-state index contributed by atoms with van der Waals surface area (Å²) in [5.41, 5.74) is 3.15. The molecule has 0 bridgehead atoms. The molecule has 1 amide bonds. The van der Waals surface area contributed by atoms with E-state index in [4.69, 9.17) is 0 Å². The fourth-order valence-corrected chi connectivity index (χ4v) is 4.53. The number of nitrogens with one attached hydrogen (secondary N) is 1. The minimum absolute atomic E-state index is 0.171. The maximum atomic E-state index is 12.8. The van der Waals surface area contributed by atoms with E-state index in [-0.39, 0.29) is 17.9 Å². The first-order valence-electron chi connectivity index (χ1n) is 12.3. The maximum Gasteiger partial charge on any atom is 0.270 e. The molecule has 2 aromatic heterocycles. The molecule has 1 aliphatic heterocycles. The highest BCUT2D eigenvalue weighted by Gasteiger charge is 2.28. The van der Waals surface area contributed by atoms with Crippen molar-refractivity contribution in [2.75, 3.05) is 13.1 Å². The molecule has 1 aliphatic rings. The first kappa shape index (κ1) is 24.1. The molecule has 4 rings (SSSR count). The monoisotopic (exact) mass is 460 g/mol. The van der Waals surface area contributed by atoms with Crippen LogP contribution in [0.3, 0.4) is 0 Å². The molecular formula is C27H36N6O. The van der Waals surface area contributed by atoms with Crippen LogP contribution in [0.4, 0.5) is 0 Å². The average Bonchev–Trinajstić information content (AvgIpc) is 3.11. The second-order valence-corrected chi connectivity index (χ2v) is 9.98. The van der Waals surface area contributed by atoms with E-state index in [0.717, 1.165) is 50.7 Å². The third-order valence-corrected chi connectivity index (χ3v) is 6.35. The lowest BCUT2D eigenvalue weighted by atomic mass is 10.0. The summed E-state index contributed by atoms with van der Waals surface area (Å²) in [6, 6.07) is 14.2. The Balaban J connectivity index is 1.43. The average molecular weight is 461 g/mol. The Bertz CT molecular complexity index is 1070. The third-order valence-electron chi connectivity index (χ3n) is 6.35. The van der Waals surface area contributed by atoms with Crippen molar-refractivity contribution in [3.8, 4) is 0 Å². The number of hydrogen-bond acceptors (Lipinski definition) is 5. The van der Waals surface area contributed by atoms with Gasteiger partial charge in [0.05, 0.1) is 6.04 Å². The van der Waals surface area contributed by atoms with E-state index < -0.39 is 0 Å². The smallest absolute Gasteiger partial charge is 0.270 e. The molecule has 0 fully saturated rings. The van der Waals surface area contributed by atoms with Crippen LogP contribution in [-0.4, -0.2) is 43.6 Å². The molecule has 0 saturated heterocycles. The van der Waals surface area contributed by atoms with Gasteiger partial charge in [-0.05, 0) is 41.5 Å². The molecule has 0 unspecified atom stereocenters. The summed E-state index contributed by atoms with van der Waals surface area (Å²) in [5, 5.41) is 12.1. The first-order valence-corrected chi connectivity index (χ1v) is 12.3. The van der Waals surface area contributed by atoms with Crippen LogP contribution >= 0.6 is 0 Å². The van der Waals surface area contributed by atoms with E-state index >= 15 is 0 Å². The standard InChI is InChI=1S/C27H36N6O/c1-19(2)17-21-8-10-22(11-9-21)18-32-14-12-24-30-31-26(33(24)16-15-32)25(20(3)4)29-27(34)23-7-5-6-13-28-23/h5-11,13,19-20,25H,12,14-18H2,1-4H3,(H,29,34)/t25-/m0/s1. The highest BCUT2D eigenvalue weighted by Crippen LogP contribution is 2.23. The van der Waals surface area contributed by atoms with E-state index in [0.29, 0.717) is 11.6 Å². The quantitative estimate of drug-likeness (QED) is 0.549. The highest BCUT2D eigenvalue weighted by atomic mass is 16.2. The van der Waals surface area contributed by atoms with Crippen molar-refractivity contribution in [1.82, 2.24) is 30.0 Å². The molecule has 1 N–H and O–H groups in total. The molecule has 34 heavy (non-hydrogen) atoms. The Labute approximate surface area is 202 Å². The Morgan fingerprint density at radius 1 is 0.971 bits per heavy atom.